The normalized spacial score (nSPS) is 23.9. The average molecular weight is 268 g/mol. The van der Waals surface area contributed by atoms with Gasteiger partial charge in [-0.1, -0.05) is 6.58 Å². The number of likely N-dealkylation sites (tertiary alicyclic amines) is 1. The van der Waals surface area contributed by atoms with E-state index in [-0.39, 0.29) is 11.6 Å². The highest BCUT2D eigenvalue weighted by molar-refractivity contribution is 5.46. The number of ether oxygens (including phenoxy) is 1. The van der Waals surface area contributed by atoms with Gasteiger partial charge in [0.2, 0.25) is 0 Å². The van der Waals surface area contributed by atoms with Crippen LogP contribution in [0, 0.1) is 11.3 Å². The van der Waals surface area contributed by atoms with Crippen molar-refractivity contribution in [2.45, 2.75) is 44.8 Å². The number of fused-ring (bicyclic) bond motifs is 1. The van der Waals surface area contributed by atoms with Crippen molar-refractivity contribution in [2.24, 2.45) is 0 Å². The largest absolute Gasteiger partial charge is 0.487 e. The molecule has 3 nitrogen and oxygen atoms in total. The zero-order valence-electron chi connectivity index (χ0n) is 12.1. The molecule has 0 bridgehead atoms. The van der Waals surface area contributed by atoms with Gasteiger partial charge in [0.05, 0.1) is 17.7 Å². The highest BCUT2D eigenvalue weighted by Crippen LogP contribution is 2.45. The van der Waals surface area contributed by atoms with Crippen LogP contribution in [-0.2, 0) is 0 Å². The SMILES string of the molecule is C=C1CCCN1C1CC(C)(C)Oc2ccc(C#N)cc21. The van der Waals surface area contributed by atoms with Crippen LogP contribution >= 0.6 is 0 Å². The number of benzene rings is 1. The molecule has 0 N–H and O–H groups in total. The van der Waals surface area contributed by atoms with E-state index in [9.17, 15) is 0 Å². The molecule has 0 saturated carbocycles. The number of allylic oxidation sites excluding steroid dienone is 1. The first-order valence-electron chi connectivity index (χ1n) is 7.18. The zero-order chi connectivity index (χ0) is 14.3. The third-order valence-electron chi connectivity index (χ3n) is 4.22. The molecule has 1 unspecified atom stereocenters. The van der Waals surface area contributed by atoms with Gasteiger partial charge in [-0.3, -0.25) is 0 Å². The van der Waals surface area contributed by atoms with Gasteiger partial charge in [-0.15, -0.1) is 0 Å². The van der Waals surface area contributed by atoms with E-state index in [0.29, 0.717) is 5.56 Å². The van der Waals surface area contributed by atoms with Gasteiger partial charge in [0.15, 0.2) is 0 Å². The van der Waals surface area contributed by atoms with E-state index in [2.05, 4.69) is 31.4 Å². The van der Waals surface area contributed by atoms with Crippen LogP contribution in [-0.4, -0.2) is 17.0 Å². The minimum atomic E-state index is -0.186. The Morgan fingerprint density at radius 3 is 2.90 bits per heavy atom. The lowest BCUT2D eigenvalue weighted by Crippen LogP contribution is -2.40. The Kier molecular flexibility index (Phi) is 2.97. The fourth-order valence-electron chi connectivity index (χ4n) is 3.30. The number of hydrogen-bond donors (Lipinski definition) is 0. The molecule has 1 fully saturated rings. The van der Waals surface area contributed by atoms with Crippen LogP contribution in [0.1, 0.15) is 50.3 Å². The fraction of sp³-hybridized carbons (Fsp3) is 0.471. The molecule has 0 aromatic heterocycles. The molecular formula is C17H20N2O. The van der Waals surface area contributed by atoms with Crippen LogP contribution in [0.15, 0.2) is 30.5 Å². The van der Waals surface area contributed by atoms with Crippen LogP contribution in [0.2, 0.25) is 0 Å². The van der Waals surface area contributed by atoms with Gasteiger partial charge in [-0.25, -0.2) is 0 Å². The third-order valence-corrected chi connectivity index (χ3v) is 4.22. The molecule has 2 heterocycles. The Bertz CT molecular complexity index is 597. The molecule has 1 aromatic carbocycles. The minimum Gasteiger partial charge on any atom is -0.487 e. The van der Waals surface area contributed by atoms with Crippen LogP contribution in [0.3, 0.4) is 0 Å². The topological polar surface area (TPSA) is 36.3 Å². The molecule has 104 valence electrons. The standard InChI is InChI=1S/C17H20N2O/c1-12-5-4-8-19(12)15-10-17(2,3)20-16-7-6-13(11-18)9-14(15)16/h6-7,9,15H,1,4-5,8,10H2,2-3H3. The van der Waals surface area contributed by atoms with Crippen molar-refractivity contribution in [3.8, 4) is 11.8 Å². The van der Waals surface area contributed by atoms with Crippen LogP contribution in [0.5, 0.6) is 5.75 Å². The molecule has 1 aromatic rings. The van der Waals surface area contributed by atoms with Crippen molar-refractivity contribution in [1.82, 2.24) is 4.90 Å². The molecule has 0 aliphatic carbocycles. The monoisotopic (exact) mass is 268 g/mol. The molecule has 1 atom stereocenters. The minimum absolute atomic E-state index is 0.186. The summed E-state index contributed by atoms with van der Waals surface area (Å²) in [7, 11) is 0. The molecule has 0 spiro atoms. The lowest BCUT2D eigenvalue weighted by atomic mass is 9.88. The molecule has 0 amide bonds. The summed E-state index contributed by atoms with van der Waals surface area (Å²) in [6.45, 7) is 9.50. The Hall–Kier alpha value is -1.95. The smallest absolute Gasteiger partial charge is 0.125 e. The van der Waals surface area contributed by atoms with Gasteiger partial charge in [0.1, 0.15) is 11.4 Å². The first-order valence-corrected chi connectivity index (χ1v) is 7.18. The van der Waals surface area contributed by atoms with E-state index in [1.807, 2.05) is 18.2 Å². The summed E-state index contributed by atoms with van der Waals surface area (Å²) in [6, 6.07) is 8.23. The van der Waals surface area contributed by atoms with Crippen molar-refractivity contribution in [1.29, 1.82) is 5.26 Å². The van der Waals surface area contributed by atoms with Crippen molar-refractivity contribution in [3.63, 3.8) is 0 Å². The molecule has 2 aliphatic heterocycles. The molecule has 3 rings (SSSR count). The zero-order valence-corrected chi connectivity index (χ0v) is 12.1. The van der Waals surface area contributed by atoms with E-state index in [0.717, 1.165) is 30.7 Å². The Morgan fingerprint density at radius 2 is 2.25 bits per heavy atom. The summed E-state index contributed by atoms with van der Waals surface area (Å²) in [5.41, 5.74) is 2.85. The van der Waals surface area contributed by atoms with Gasteiger partial charge < -0.3 is 9.64 Å². The molecule has 20 heavy (non-hydrogen) atoms. The summed E-state index contributed by atoms with van der Waals surface area (Å²) in [5, 5.41) is 9.12. The highest BCUT2D eigenvalue weighted by Gasteiger charge is 2.38. The van der Waals surface area contributed by atoms with Crippen molar-refractivity contribution in [2.75, 3.05) is 6.54 Å². The van der Waals surface area contributed by atoms with E-state index >= 15 is 0 Å². The van der Waals surface area contributed by atoms with Gasteiger partial charge in [-0.2, -0.15) is 5.26 Å². The van der Waals surface area contributed by atoms with Crippen molar-refractivity contribution < 1.29 is 4.74 Å². The van der Waals surface area contributed by atoms with Gasteiger partial charge >= 0.3 is 0 Å². The second-order valence-corrected chi connectivity index (χ2v) is 6.31. The maximum atomic E-state index is 9.12. The molecule has 1 saturated heterocycles. The van der Waals surface area contributed by atoms with Crippen molar-refractivity contribution in [3.05, 3.63) is 41.6 Å². The van der Waals surface area contributed by atoms with Gasteiger partial charge in [-0.05, 0) is 44.9 Å². The summed E-state index contributed by atoms with van der Waals surface area (Å²) >= 11 is 0. The Balaban J connectivity index is 2.06. The van der Waals surface area contributed by atoms with Gasteiger partial charge in [0.25, 0.3) is 0 Å². The molecule has 0 radical (unpaired) electrons. The fourth-order valence-corrected chi connectivity index (χ4v) is 3.30. The van der Waals surface area contributed by atoms with Crippen LogP contribution in [0.25, 0.3) is 0 Å². The molecule has 3 heteroatoms. The maximum Gasteiger partial charge on any atom is 0.125 e. The number of rotatable bonds is 1. The lowest BCUT2D eigenvalue weighted by molar-refractivity contribution is 0.0433. The van der Waals surface area contributed by atoms with Crippen molar-refractivity contribution >= 4 is 0 Å². The number of nitriles is 1. The first-order chi connectivity index (χ1) is 9.50. The second kappa shape index (κ2) is 4.56. The summed E-state index contributed by atoms with van der Waals surface area (Å²) in [6.07, 6.45) is 3.17. The molecular weight excluding hydrogens is 248 g/mol. The summed E-state index contributed by atoms with van der Waals surface area (Å²) in [5.74, 6) is 0.907. The van der Waals surface area contributed by atoms with Crippen LogP contribution < -0.4 is 4.74 Å². The summed E-state index contributed by atoms with van der Waals surface area (Å²) in [4.78, 5) is 2.39. The first kappa shape index (κ1) is 13.1. The van der Waals surface area contributed by atoms with E-state index in [1.54, 1.807) is 0 Å². The van der Waals surface area contributed by atoms with E-state index in [4.69, 9.17) is 10.00 Å². The Morgan fingerprint density at radius 1 is 1.45 bits per heavy atom. The molecule has 2 aliphatic rings. The second-order valence-electron chi connectivity index (χ2n) is 6.31. The number of nitrogens with zero attached hydrogens (tertiary/aromatic N) is 2. The third kappa shape index (κ3) is 2.16. The maximum absolute atomic E-state index is 9.12. The van der Waals surface area contributed by atoms with E-state index < -0.39 is 0 Å². The van der Waals surface area contributed by atoms with E-state index in [1.165, 1.54) is 12.1 Å². The predicted octanol–water partition coefficient (Wildman–Crippen LogP) is 3.77. The quantitative estimate of drug-likeness (QED) is 0.778. The number of hydrogen-bond acceptors (Lipinski definition) is 3. The average Bonchev–Trinajstić information content (AvgIpc) is 2.82. The van der Waals surface area contributed by atoms with Gasteiger partial charge in [0, 0.05) is 24.2 Å². The highest BCUT2D eigenvalue weighted by atomic mass is 16.5. The lowest BCUT2D eigenvalue weighted by Gasteiger charge is -2.42. The Labute approximate surface area is 120 Å². The predicted molar refractivity (Wildman–Crippen MR) is 78.3 cm³/mol. The van der Waals surface area contributed by atoms with Crippen LogP contribution in [0.4, 0.5) is 0 Å². The summed E-state index contributed by atoms with van der Waals surface area (Å²) < 4.78 is 6.08.